The van der Waals surface area contributed by atoms with Crippen LogP contribution in [0, 0.1) is 5.82 Å². The van der Waals surface area contributed by atoms with Crippen LogP contribution in [0.15, 0.2) is 97.5 Å². The first-order valence-corrected chi connectivity index (χ1v) is 10.8. The summed E-state index contributed by atoms with van der Waals surface area (Å²) >= 11 is 0. The summed E-state index contributed by atoms with van der Waals surface area (Å²) < 4.78 is 15.5. The fourth-order valence-corrected chi connectivity index (χ4v) is 4.10. The van der Waals surface area contributed by atoms with Gasteiger partial charge in [0.25, 0.3) is 0 Å². The van der Waals surface area contributed by atoms with E-state index < -0.39 is 0 Å². The van der Waals surface area contributed by atoms with E-state index in [4.69, 9.17) is 0 Å². The van der Waals surface area contributed by atoms with Crippen molar-refractivity contribution in [2.75, 3.05) is 18.1 Å². The molecule has 2 heterocycles. The summed E-state index contributed by atoms with van der Waals surface area (Å²) in [5.41, 5.74) is 4.66. The monoisotopic (exact) mass is 438 g/mol. The van der Waals surface area contributed by atoms with Crippen molar-refractivity contribution in [2.24, 2.45) is 0 Å². The van der Waals surface area contributed by atoms with Crippen LogP contribution in [0.2, 0.25) is 0 Å². The molecule has 2 aromatic heterocycles. The lowest BCUT2D eigenvalue weighted by Crippen LogP contribution is -2.27. The van der Waals surface area contributed by atoms with Crippen LogP contribution in [0.1, 0.15) is 5.56 Å². The molecule has 5 aromatic rings. The Kier molecular flexibility index (Phi) is 5.83. The van der Waals surface area contributed by atoms with Crippen molar-refractivity contribution in [3.8, 4) is 16.8 Å². The number of benzene rings is 3. The second-order valence-corrected chi connectivity index (χ2v) is 7.78. The standard InChI is InChI=1S/C27H23FN4O/c28-22-11-13-23(14-12-22)32-18-24(21-9-5-2-6-10-21)25-26(29-19-30-27(25)32)31(15-16-33)17-20-7-3-1-4-8-20/h1-14,18-19,33H,15-17H2. The van der Waals surface area contributed by atoms with Gasteiger partial charge in [0.1, 0.15) is 18.0 Å². The van der Waals surface area contributed by atoms with Crippen molar-refractivity contribution in [1.82, 2.24) is 14.5 Å². The summed E-state index contributed by atoms with van der Waals surface area (Å²) in [5.74, 6) is 0.461. The molecule has 0 radical (unpaired) electrons. The average Bonchev–Trinajstić information content (AvgIpc) is 3.25. The zero-order valence-electron chi connectivity index (χ0n) is 18.0. The molecular weight excluding hydrogens is 415 g/mol. The van der Waals surface area contributed by atoms with Gasteiger partial charge in [-0.3, -0.25) is 0 Å². The number of hydrogen-bond acceptors (Lipinski definition) is 4. The Labute approximate surface area is 191 Å². The lowest BCUT2D eigenvalue weighted by atomic mass is 10.1. The molecule has 0 aliphatic heterocycles. The number of fused-ring (bicyclic) bond motifs is 1. The van der Waals surface area contributed by atoms with Gasteiger partial charge in [0.2, 0.25) is 0 Å². The highest BCUT2D eigenvalue weighted by molar-refractivity contribution is 6.02. The Morgan fingerprint density at radius 3 is 2.24 bits per heavy atom. The van der Waals surface area contributed by atoms with E-state index in [0.717, 1.165) is 39.2 Å². The Bertz CT molecular complexity index is 1350. The van der Waals surface area contributed by atoms with E-state index in [1.165, 1.54) is 12.1 Å². The van der Waals surface area contributed by atoms with Crippen LogP contribution in [0.5, 0.6) is 0 Å². The van der Waals surface area contributed by atoms with Crippen molar-refractivity contribution in [1.29, 1.82) is 0 Å². The second kappa shape index (κ2) is 9.22. The molecule has 0 amide bonds. The molecule has 0 aliphatic carbocycles. The third-order valence-electron chi connectivity index (χ3n) is 5.64. The Morgan fingerprint density at radius 1 is 0.848 bits per heavy atom. The molecule has 0 bridgehead atoms. The van der Waals surface area contributed by atoms with Gasteiger partial charge in [0.05, 0.1) is 12.0 Å². The van der Waals surface area contributed by atoms with Gasteiger partial charge in [-0.25, -0.2) is 14.4 Å². The van der Waals surface area contributed by atoms with Gasteiger partial charge in [-0.05, 0) is 35.4 Å². The fraction of sp³-hybridized carbons (Fsp3) is 0.111. The highest BCUT2D eigenvalue weighted by Gasteiger charge is 2.21. The minimum atomic E-state index is -0.286. The maximum atomic E-state index is 13.6. The van der Waals surface area contributed by atoms with E-state index in [1.54, 1.807) is 18.5 Å². The first-order chi connectivity index (χ1) is 16.2. The molecule has 0 spiro atoms. The van der Waals surface area contributed by atoms with Crippen LogP contribution in [-0.4, -0.2) is 32.8 Å². The van der Waals surface area contributed by atoms with Gasteiger partial charge in [-0.1, -0.05) is 60.7 Å². The number of halogens is 1. The van der Waals surface area contributed by atoms with Crippen LogP contribution in [-0.2, 0) is 6.54 Å². The van der Waals surface area contributed by atoms with E-state index in [2.05, 4.69) is 27.0 Å². The summed E-state index contributed by atoms with van der Waals surface area (Å²) in [5, 5.41) is 10.7. The van der Waals surface area contributed by atoms with Gasteiger partial charge in [-0.2, -0.15) is 0 Å². The third kappa shape index (κ3) is 4.21. The second-order valence-electron chi connectivity index (χ2n) is 7.78. The Balaban J connectivity index is 1.73. The van der Waals surface area contributed by atoms with Crippen molar-refractivity contribution < 1.29 is 9.50 Å². The number of aliphatic hydroxyl groups excluding tert-OH is 1. The van der Waals surface area contributed by atoms with Crippen LogP contribution in [0.25, 0.3) is 27.8 Å². The van der Waals surface area contributed by atoms with E-state index in [9.17, 15) is 9.50 Å². The summed E-state index contributed by atoms with van der Waals surface area (Å²) in [4.78, 5) is 11.3. The molecule has 0 aliphatic rings. The Hall–Kier alpha value is -4.03. The fourth-order valence-electron chi connectivity index (χ4n) is 4.10. The minimum Gasteiger partial charge on any atom is -0.395 e. The summed E-state index contributed by atoms with van der Waals surface area (Å²) in [7, 11) is 0. The molecular formula is C27H23FN4O. The largest absolute Gasteiger partial charge is 0.395 e. The smallest absolute Gasteiger partial charge is 0.150 e. The SMILES string of the molecule is OCCN(Cc1ccccc1)c1ncnc2c1c(-c1ccccc1)cn2-c1ccc(F)cc1. The Morgan fingerprint density at radius 2 is 1.55 bits per heavy atom. The molecule has 33 heavy (non-hydrogen) atoms. The predicted molar refractivity (Wildman–Crippen MR) is 129 cm³/mol. The van der Waals surface area contributed by atoms with Crippen LogP contribution < -0.4 is 4.90 Å². The van der Waals surface area contributed by atoms with E-state index in [-0.39, 0.29) is 12.4 Å². The first-order valence-electron chi connectivity index (χ1n) is 10.8. The molecule has 0 saturated heterocycles. The average molecular weight is 439 g/mol. The van der Waals surface area contributed by atoms with Crippen LogP contribution >= 0.6 is 0 Å². The number of nitrogens with zero attached hydrogens (tertiary/aromatic N) is 4. The number of aromatic nitrogens is 3. The van der Waals surface area contributed by atoms with Crippen molar-refractivity contribution in [3.05, 3.63) is 109 Å². The number of rotatable bonds is 7. The topological polar surface area (TPSA) is 54.2 Å². The predicted octanol–water partition coefficient (Wildman–Crippen LogP) is 5.23. The minimum absolute atomic E-state index is 0.00231. The maximum absolute atomic E-state index is 13.6. The highest BCUT2D eigenvalue weighted by atomic mass is 19.1. The van der Waals surface area contributed by atoms with Gasteiger partial charge >= 0.3 is 0 Å². The molecule has 0 unspecified atom stereocenters. The van der Waals surface area contributed by atoms with Crippen molar-refractivity contribution >= 4 is 16.9 Å². The molecule has 3 aromatic carbocycles. The van der Waals surface area contributed by atoms with Crippen molar-refractivity contribution in [3.63, 3.8) is 0 Å². The first kappa shape index (κ1) is 20.8. The summed E-state index contributed by atoms with van der Waals surface area (Å²) in [6.07, 6.45) is 3.56. The lowest BCUT2D eigenvalue weighted by Gasteiger charge is -2.24. The molecule has 0 saturated carbocycles. The highest BCUT2D eigenvalue weighted by Crippen LogP contribution is 2.37. The number of aliphatic hydroxyl groups is 1. The van der Waals surface area contributed by atoms with E-state index in [0.29, 0.717) is 13.1 Å². The normalized spacial score (nSPS) is 11.1. The number of hydrogen-bond donors (Lipinski definition) is 1. The van der Waals surface area contributed by atoms with Crippen molar-refractivity contribution in [2.45, 2.75) is 6.54 Å². The molecule has 164 valence electrons. The lowest BCUT2D eigenvalue weighted by molar-refractivity contribution is 0.301. The molecule has 0 atom stereocenters. The van der Waals surface area contributed by atoms with Crippen LogP contribution in [0.4, 0.5) is 10.2 Å². The van der Waals surface area contributed by atoms with Gasteiger partial charge < -0.3 is 14.6 Å². The molecule has 6 heteroatoms. The van der Waals surface area contributed by atoms with Gasteiger partial charge in [0.15, 0.2) is 5.65 Å². The maximum Gasteiger partial charge on any atom is 0.150 e. The molecule has 0 fully saturated rings. The number of anilines is 1. The quantitative estimate of drug-likeness (QED) is 0.378. The summed E-state index contributed by atoms with van der Waals surface area (Å²) in [6.45, 7) is 1.03. The summed E-state index contributed by atoms with van der Waals surface area (Å²) in [6, 6.07) is 26.5. The van der Waals surface area contributed by atoms with E-state index in [1.807, 2.05) is 59.3 Å². The third-order valence-corrected chi connectivity index (χ3v) is 5.64. The van der Waals surface area contributed by atoms with Gasteiger partial charge in [-0.15, -0.1) is 0 Å². The van der Waals surface area contributed by atoms with Crippen LogP contribution in [0.3, 0.4) is 0 Å². The molecule has 5 nitrogen and oxygen atoms in total. The zero-order valence-corrected chi connectivity index (χ0v) is 18.0. The molecule has 5 rings (SSSR count). The van der Waals surface area contributed by atoms with Gasteiger partial charge in [0, 0.05) is 30.5 Å². The van der Waals surface area contributed by atoms with E-state index >= 15 is 0 Å². The zero-order chi connectivity index (χ0) is 22.6. The molecule has 1 N–H and O–H groups in total.